The highest BCUT2D eigenvalue weighted by atomic mass is 16.5. The summed E-state index contributed by atoms with van der Waals surface area (Å²) in [5.74, 6) is 1.26. The molecule has 0 fully saturated rings. The molecule has 0 aliphatic heterocycles. The zero-order valence-electron chi connectivity index (χ0n) is 7.58. The van der Waals surface area contributed by atoms with E-state index in [2.05, 4.69) is 15.1 Å². The first-order valence-corrected chi connectivity index (χ1v) is 3.97. The zero-order chi connectivity index (χ0) is 9.97. The lowest BCUT2D eigenvalue weighted by atomic mass is 10.5. The van der Waals surface area contributed by atoms with E-state index in [1.807, 2.05) is 0 Å². The van der Waals surface area contributed by atoms with Crippen LogP contribution in [-0.4, -0.2) is 26.9 Å². The quantitative estimate of drug-likeness (QED) is 0.736. The molecule has 72 valence electrons. The van der Waals surface area contributed by atoms with Crippen LogP contribution in [0.3, 0.4) is 0 Å². The molecular formula is C8H9N5O. The number of nitrogen functional groups attached to an aromatic ring is 1. The molecule has 0 atom stereocenters. The Morgan fingerprint density at radius 3 is 2.93 bits per heavy atom. The van der Waals surface area contributed by atoms with Gasteiger partial charge in [-0.05, 0) is 6.07 Å². The molecule has 0 amide bonds. The van der Waals surface area contributed by atoms with E-state index in [0.717, 1.165) is 0 Å². The molecule has 6 nitrogen and oxygen atoms in total. The van der Waals surface area contributed by atoms with Crippen LogP contribution in [0.4, 0.5) is 5.82 Å². The highest BCUT2D eigenvalue weighted by Crippen LogP contribution is 2.23. The number of aromatic nitrogens is 4. The first-order chi connectivity index (χ1) is 6.83. The minimum atomic E-state index is 0.299. The van der Waals surface area contributed by atoms with Crippen molar-refractivity contribution < 1.29 is 4.74 Å². The molecule has 14 heavy (non-hydrogen) atoms. The number of nitrogens with two attached hydrogens (primary N) is 1. The number of ether oxygens (including phenoxy) is 1. The maximum absolute atomic E-state index is 5.62. The van der Waals surface area contributed by atoms with Crippen LogP contribution < -0.4 is 10.5 Å². The molecule has 2 rings (SSSR count). The van der Waals surface area contributed by atoms with Gasteiger partial charge in [-0.25, -0.2) is 14.6 Å². The van der Waals surface area contributed by atoms with Crippen molar-refractivity contribution in [1.82, 2.24) is 19.7 Å². The molecule has 2 heterocycles. The Labute approximate surface area is 80.4 Å². The van der Waals surface area contributed by atoms with E-state index < -0.39 is 0 Å². The van der Waals surface area contributed by atoms with E-state index in [0.29, 0.717) is 17.4 Å². The number of rotatable bonds is 2. The molecule has 2 aromatic heterocycles. The Balaban J connectivity index is 2.58. The van der Waals surface area contributed by atoms with Crippen molar-refractivity contribution in [1.29, 1.82) is 0 Å². The van der Waals surface area contributed by atoms with Crippen LogP contribution in [0.25, 0.3) is 5.82 Å². The van der Waals surface area contributed by atoms with E-state index in [1.165, 1.54) is 13.4 Å². The summed E-state index contributed by atoms with van der Waals surface area (Å²) in [4.78, 5) is 7.86. The molecular weight excluding hydrogens is 182 g/mol. The van der Waals surface area contributed by atoms with Crippen LogP contribution in [0.1, 0.15) is 0 Å². The number of methoxy groups -OCH3 is 1. The molecule has 6 heteroatoms. The fraction of sp³-hybridized carbons (Fsp3) is 0.125. The maximum atomic E-state index is 5.62. The van der Waals surface area contributed by atoms with Gasteiger partial charge < -0.3 is 10.5 Å². The molecule has 0 aliphatic carbocycles. The van der Waals surface area contributed by atoms with Crippen LogP contribution in [-0.2, 0) is 0 Å². The van der Waals surface area contributed by atoms with E-state index in [4.69, 9.17) is 10.5 Å². The van der Waals surface area contributed by atoms with Crippen molar-refractivity contribution in [2.75, 3.05) is 12.8 Å². The van der Waals surface area contributed by atoms with Gasteiger partial charge in [0.05, 0.1) is 7.11 Å². The molecule has 0 spiro atoms. The summed E-state index contributed by atoms with van der Waals surface area (Å²) < 4.78 is 6.66. The van der Waals surface area contributed by atoms with Gasteiger partial charge in [-0.1, -0.05) is 0 Å². The Hall–Kier alpha value is -2.11. The highest BCUT2D eigenvalue weighted by Gasteiger charge is 2.10. The average Bonchev–Trinajstić information content (AvgIpc) is 2.70. The molecule has 0 saturated heterocycles. The predicted octanol–water partition coefficient (Wildman–Crippen LogP) is 0.253. The zero-order valence-corrected chi connectivity index (χ0v) is 7.58. The van der Waals surface area contributed by atoms with Gasteiger partial charge in [0.15, 0.2) is 5.82 Å². The Bertz CT molecular complexity index is 425. The maximum Gasteiger partial charge on any atom is 0.206 e. The highest BCUT2D eigenvalue weighted by molar-refractivity contribution is 5.54. The van der Waals surface area contributed by atoms with E-state index in [9.17, 15) is 0 Å². The van der Waals surface area contributed by atoms with Crippen molar-refractivity contribution >= 4 is 5.82 Å². The summed E-state index contributed by atoms with van der Waals surface area (Å²) in [6, 6.07) is 1.79. The minimum Gasteiger partial charge on any atom is -0.490 e. The second kappa shape index (κ2) is 3.33. The summed E-state index contributed by atoms with van der Waals surface area (Å²) in [7, 11) is 1.52. The van der Waals surface area contributed by atoms with Crippen LogP contribution in [0, 0.1) is 0 Å². The molecule has 0 unspecified atom stereocenters. The lowest BCUT2D eigenvalue weighted by Gasteiger charge is -2.07. The topological polar surface area (TPSA) is 78.9 Å². The van der Waals surface area contributed by atoms with Crippen LogP contribution in [0.2, 0.25) is 0 Å². The molecule has 0 radical (unpaired) electrons. The Kier molecular flexibility index (Phi) is 2.02. The van der Waals surface area contributed by atoms with Crippen molar-refractivity contribution in [2.24, 2.45) is 0 Å². The van der Waals surface area contributed by atoms with Crippen molar-refractivity contribution in [3.8, 4) is 11.6 Å². The second-order valence-electron chi connectivity index (χ2n) is 2.57. The van der Waals surface area contributed by atoms with Crippen LogP contribution in [0.15, 0.2) is 24.8 Å². The monoisotopic (exact) mass is 191 g/mol. The lowest BCUT2D eigenvalue weighted by molar-refractivity contribution is 0.409. The van der Waals surface area contributed by atoms with E-state index in [1.54, 1.807) is 23.1 Å². The fourth-order valence-corrected chi connectivity index (χ4v) is 1.13. The van der Waals surface area contributed by atoms with Crippen LogP contribution >= 0.6 is 0 Å². The Morgan fingerprint density at radius 2 is 2.29 bits per heavy atom. The third kappa shape index (κ3) is 1.26. The largest absolute Gasteiger partial charge is 0.490 e. The van der Waals surface area contributed by atoms with Gasteiger partial charge in [-0.3, -0.25) is 0 Å². The van der Waals surface area contributed by atoms with Gasteiger partial charge in [-0.15, -0.1) is 0 Å². The standard InChI is InChI=1S/C8H9N5O/c1-14-6-7(9)10-5-11-8(6)13-4-2-3-12-13/h2-5H,1H3,(H2,9,10,11). The number of hydrogen-bond acceptors (Lipinski definition) is 5. The van der Waals surface area contributed by atoms with Gasteiger partial charge in [-0.2, -0.15) is 5.10 Å². The molecule has 2 aromatic rings. The predicted molar refractivity (Wildman–Crippen MR) is 50.1 cm³/mol. The number of hydrogen-bond donors (Lipinski definition) is 1. The normalized spacial score (nSPS) is 10.1. The van der Waals surface area contributed by atoms with Gasteiger partial charge in [0.1, 0.15) is 6.33 Å². The molecule has 0 bridgehead atoms. The second-order valence-corrected chi connectivity index (χ2v) is 2.57. The van der Waals surface area contributed by atoms with E-state index in [-0.39, 0.29) is 0 Å². The van der Waals surface area contributed by atoms with Crippen molar-refractivity contribution in [3.05, 3.63) is 24.8 Å². The summed E-state index contributed by atoms with van der Waals surface area (Å²) >= 11 is 0. The first kappa shape index (κ1) is 8.49. The van der Waals surface area contributed by atoms with Crippen LogP contribution in [0.5, 0.6) is 5.75 Å². The van der Waals surface area contributed by atoms with Gasteiger partial charge >= 0.3 is 0 Å². The van der Waals surface area contributed by atoms with E-state index >= 15 is 0 Å². The third-order valence-corrected chi connectivity index (χ3v) is 1.74. The Morgan fingerprint density at radius 1 is 1.43 bits per heavy atom. The van der Waals surface area contributed by atoms with Gasteiger partial charge in [0, 0.05) is 12.4 Å². The smallest absolute Gasteiger partial charge is 0.206 e. The summed E-state index contributed by atoms with van der Waals surface area (Å²) in [6.07, 6.45) is 4.77. The number of nitrogens with zero attached hydrogens (tertiary/aromatic N) is 4. The number of anilines is 1. The van der Waals surface area contributed by atoms with Crippen molar-refractivity contribution in [3.63, 3.8) is 0 Å². The summed E-state index contributed by atoms with van der Waals surface area (Å²) in [5.41, 5.74) is 5.62. The van der Waals surface area contributed by atoms with Gasteiger partial charge in [0.25, 0.3) is 0 Å². The molecule has 0 aromatic carbocycles. The average molecular weight is 191 g/mol. The first-order valence-electron chi connectivity index (χ1n) is 3.97. The minimum absolute atomic E-state index is 0.299. The SMILES string of the molecule is COc1c(N)ncnc1-n1cccn1. The molecule has 0 aliphatic rings. The summed E-state index contributed by atoms with van der Waals surface area (Å²) in [6.45, 7) is 0. The summed E-state index contributed by atoms with van der Waals surface area (Å²) in [5, 5.41) is 4.03. The molecule has 0 saturated carbocycles. The molecule has 2 N–H and O–H groups in total. The lowest BCUT2D eigenvalue weighted by Crippen LogP contribution is -2.05. The fourth-order valence-electron chi connectivity index (χ4n) is 1.13. The third-order valence-electron chi connectivity index (χ3n) is 1.74. The van der Waals surface area contributed by atoms with Gasteiger partial charge in [0.2, 0.25) is 11.6 Å². The van der Waals surface area contributed by atoms with Crippen molar-refractivity contribution in [2.45, 2.75) is 0 Å².